The number of cyclic esters (lactones) is 1. The number of imidazole rings is 1. The van der Waals surface area contributed by atoms with Crippen molar-refractivity contribution < 1.29 is 29.3 Å². The number of carbonyl (C=O) groups is 2. The predicted molar refractivity (Wildman–Crippen MR) is 84.8 cm³/mol. The summed E-state index contributed by atoms with van der Waals surface area (Å²) in [6, 6.07) is 0. The zero-order chi connectivity index (χ0) is 18.6. The number of carbonyl (C=O) groups excluding carboxylic acids is 2. The minimum atomic E-state index is -1.49. The van der Waals surface area contributed by atoms with Crippen LogP contribution in [0.25, 0.3) is 11.2 Å². The molecule has 2 aromatic rings. The van der Waals surface area contributed by atoms with Gasteiger partial charge in [-0.2, -0.15) is 0 Å². The van der Waals surface area contributed by atoms with Crippen LogP contribution >= 0.6 is 11.6 Å². The molecule has 0 aliphatic carbocycles. The summed E-state index contributed by atoms with van der Waals surface area (Å²) in [5.74, 6) is -0.888. The van der Waals surface area contributed by atoms with Crippen molar-refractivity contribution in [2.75, 3.05) is 5.73 Å². The summed E-state index contributed by atoms with van der Waals surface area (Å²) in [5.41, 5.74) is 6.12. The van der Waals surface area contributed by atoms with Gasteiger partial charge in [0, 0.05) is 6.42 Å². The number of ketones is 1. The molecule has 0 amide bonds. The number of esters is 1. The second kappa shape index (κ2) is 6.13. The Morgan fingerprint density at radius 2 is 2.00 bits per heavy atom. The third-order valence-electron chi connectivity index (χ3n) is 4.44. The fourth-order valence-corrected chi connectivity index (χ4v) is 3.42. The van der Waals surface area contributed by atoms with Crippen molar-refractivity contribution in [3.8, 4) is 0 Å². The third-order valence-corrected chi connectivity index (χ3v) is 4.71. The number of Topliss-reactive ketones (excluding diaryl/α,β-unsaturated/α-hetero) is 1. The Bertz CT molecular complexity index is 903. The van der Waals surface area contributed by atoms with E-state index in [1.165, 1.54) is 10.9 Å². The molecule has 11 nitrogen and oxygen atoms in total. The number of fused-ring (bicyclic) bond motifs is 1. The lowest BCUT2D eigenvalue weighted by atomic mass is 9.98. The van der Waals surface area contributed by atoms with E-state index in [4.69, 9.17) is 26.8 Å². The maximum absolute atomic E-state index is 12.1. The summed E-state index contributed by atoms with van der Waals surface area (Å²) < 4.78 is 11.9. The molecule has 5 atom stereocenters. The van der Waals surface area contributed by atoms with Crippen molar-refractivity contribution in [2.45, 2.75) is 43.5 Å². The maximum Gasteiger partial charge on any atom is 0.307 e. The number of hydrogen-bond donors (Lipinski definition) is 3. The fourth-order valence-electron chi connectivity index (χ4n) is 3.16. The number of halogens is 1. The molecular weight excluding hydrogens is 370 g/mol. The molecule has 2 aliphatic rings. The zero-order valence-corrected chi connectivity index (χ0v) is 13.9. The van der Waals surface area contributed by atoms with Gasteiger partial charge in [0.05, 0.1) is 6.42 Å². The first-order chi connectivity index (χ1) is 12.4. The third kappa shape index (κ3) is 2.51. The summed E-state index contributed by atoms with van der Waals surface area (Å²) in [6.45, 7) is 0. The number of aromatic nitrogens is 4. The summed E-state index contributed by atoms with van der Waals surface area (Å²) in [5, 5.41) is 20.7. The van der Waals surface area contributed by atoms with Crippen LogP contribution in [0.2, 0.25) is 5.28 Å². The van der Waals surface area contributed by atoms with E-state index in [0.29, 0.717) is 0 Å². The van der Waals surface area contributed by atoms with Crippen LogP contribution < -0.4 is 5.73 Å². The molecule has 0 spiro atoms. The topological polar surface area (TPSA) is 163 Å². The van der Waals surface area contributed by atoms with Gasteiger partial charge in [-0.05, 0) is 11.6 Å². The molecule has 2 aromatic heterocycles. The Hall–Kier alpha value is -2.34. The van der Waals surface area contributed by atoms with Crippen molar-refractivity contribution in [1.29, 1.82) is 0 Å². The first-order valence-electron chi connectivity index (χ1n) is 7.76. The number of aliphatic hydroxyl groups excluding tert-OH is 2. The largest absolute Gasteiger partial charge is 0.451 e. The molecule has 4 N–H and O–H groups in total. The lowest BCUT2D eigenvalue weighted by molar-refractivity contribution is -0.175. The number of hydrogen-bond acceptors (Lipinski definition) is 10. The Kier molecular flexibility index (Phi) is 4.03. The monoisotopic (exact) mass is 383 g/mol. The molecule has 12 heteroatoms. The predicted octanol–water partition coefficient (Wildman–Crippen LogP) is -1.04. The van der Waals surface area contributed by atoms with E-state index in [9.17, 15) is 19.8 Å². The van der Waals surface area contributed by atoms with E-state index in [1.54, 1.807) is 0 Å². The molecule has 0 bridgehead atoms. The van der Waals surface area contributed by atoms with E-state index in [2.05, 4.69) is 15.0 Å². The number of anilines is 1. The molecular formula is C14H14ClN5O6. The summed E-state index contributed by atoms with van der Waals surface area (Å²) >= 11 is 6.12. The Morgan fingerprint density at radius 3 is 2.77 bits per heavy atom. The first kappa shape index (κ1) is 17.1. The van der Waals surface area contributed by atoms with Gasteiger partial charge in [-0.15, -0.1) is 0 Å². The first-order valence-corrected chi connectivity index (χ1v) is 8.14. The molecule has 0 aromatic carbocycles. The molecule has 2 fully saturated rings. The number of nitrogens with zero attached hydrogens (tertiary/aromatic N) is 4. The molecule has 0 radical (unpaired) electrons. The van der Waals surface area contributed by atoms with Crippen LogP contribution in [-0.4, -0.2) is 65.9 Å². The van der Waals surface area contributed by atoms with Crippen molar-refractivity contribution >= 4 is 40.3 Å². The highest BCUT2D eigenvalue weighted by atomic mass is 35.5. The van der Waals surface area contributed by atoms with Gasteiger partial charge < -0.3 is 25.4 Å². The van der Waals surface area contributed by atoms with E-state index >= 15 is 0 Å². The molecule has 0 saturated carbocycles. The summed E-state index contributed by atoms with van der Waals surface area (Å²) in [6.07, 6.45) is -5.59. The number of nitrogen functional groups attached to an aromatic ring is 1. The highest BCUT2D eigenvalue weighted by molar-refractivity contribution is 6.29. The average Bonchev–Trinajstić information content (AvgIpc) is 3.08. The second-order valence-corrected chi connectivity index (χ2v) is 6.37. The van der Waals surface area contributed by atoms with Gasteiger partial charge in [-0.25, -0.2) is 15.0 Å². The number of aliphatic hydroxyl groups is 2. The van der Waals surface area contributed by atoms with Crippen LogP contribution in [0.4, 0.5) is 5.82 Å². The molecule has 2 aliphatic heterocycles. The van der Waals surface area contributed by atoms with Gasteiger partial charge in [-0.1, -0.05) is 0 Å². The van der Waals surface area contributed by atoms with Gasteiger partial charge in [0.25, 0.3) is 0 Å². The van der Waals surface area contributed by atoms with Gasteiger partial charge in [0.1, 0.15) is 24.6 Å². The minimum absolute atomic E-state index is 0.0185. The highest BCUT2D eigenvalue weighted by Crippen LogP contribution is 2.37. The summed E-state index contributed by atoms with van der Waals surface area (Å²) in [7, 11) is 0. The van der Waals surface area contributed by atoms with Crippen molar-refractivity contribution in [1.82, 2.24) is 19.5 Å². The minimum Gasteiger partial charge on any atom is -0.451 e. The Balaban J connectivity index is 1.71. The lowest BCUT2D eigenvalue weighted by Gasteiger charge is -2.27. The van der Waals surface area contributed by atoms with Crippen molar-refractivity contribution in [2.24, 2.45) is 0 Å². The van der Waals surface area contributed by atoms with Crippen LogP contribution in [0.1, 0.15) is 19.1 Å². The molecule has 4 rings (SSSR count). The lowest BCUT2D eigenvalue weighted by Crippen LogP contribution is -2.47. The van der Waals surface area contributed by atoms with Gasteiger partial charge in [-0.3, -0.25) is 14.2 Å². The molecule has 26 heavy (non-hydrogen) atoms. The van der Waals surface area contributed by atoms with Gasteiger partial charge in [0.2, 0.25) is 5.28 Å². The highest BCUT2D eigenvalue weighted by Gasteiger charge is 2.52. The molecule has 4 heterocycles. The van der Waals surface area contributed by atoms with E-state index in [1.807, 2.05) is 0 Å². The van der Waals surface area contributed by atoms with Crippen LogP contribution in [0, 0.1) is 0 Å². The number of rotatable bonds is 2. The van der Waals surface area contributed by atoms with Crippen LogP contribution in [-0.2, 0) is 19.1 Å². The molecule has 138 valence electrons. The van der Waals surface area contributed by atoms with Crippen LogP contribution in [0.3, 0.4) is 0 Å². The van der Waals surface area contributed by atoms with Gasteiger partial charge >= 0.3 is 5.97 Å². The Morgan fingerprint density at radius 1 is 1.23 bits per heavy atom. The van der Waals surface area contributed by atoms with E-state index < -0.39 is 42.4 Å². The van der Waals surface area contributed by atoms with Crippen LogP contribution in [0.15, 0.2) is 6.33 Å². The van der Waals surface area contributed by atoms with E-state index in [-0.39, 0.29) is 35.1 Å². The van der Waals surface area contributed by atoms with Crippen molar-refractivity contribution in [3.63, 3.8) is 0 Å². The quantitative estimate of drug-likeness (QED) is 0.431. The zero-order valence-electron chi connectivity index (χ0n) is 13.1. The molecule has 1 unspecified atom stereocenters. The second-order valence-electron chi connectivity index (χ2n) is 6.03. The van der Waals surface area contributed by atoms with Gasteiger partial charge in [0.15, 0.2) is 35.1 Å². The summed E-state index contributed by atoms with van der Waals surface area (Å²) in [4.78, 5) is 35.4. The number of nitrogens with two attached hydrogens (primary N) is 1. The smallest absolute Gasteiger partial charge is 0.307 e. The fraction of sp³-hybridized carbons (Fsp3) is 0.500. The Labute approximate surface area is 150 Å². The van der Waals surface area contributed by atoms with Crippen LogP contribution in [0.5, 0.6) is 0 Å². The SMILES string of the molecule is Nc1ncnc2c1nc(Cl)n2[C@@H]1O[C@H](C2OC(=O)CCC2=O)[C@@H](O)[C@H]1O. The van der Waals surface area contributed by atoms with Crippen molar-refractivity contribution in [3.05, 3.63) is 11.6 Å². The number of ether oxygens (including phenoxy) is 2. The van der Waals surface area contributed by atoms with E-state index in [0.717, 1.165) is 0 Å². The average molecular weight is 384 g/mol. The maximum atomic E-state index is 12.1. The standard InChI is InChI=1S/C14H14ClN5O6/c15-14-19-6-11(16)17-3-18-12(6)20(14)13-8(24)7(23)10(26-13)9-4(21)1-2-5(22)25-9/h3,7-10,13,23-24H,1-2H2,(H2,16,17,18)/t7-,8+,9?,10-,13+/m0/s1. The molecule has 2 saturated heterocycles. The normalized spacial score (nSPS) is 32.2.